The number of nitrogens with one attached hydrogen (secondary N) is 1. The van der Waals surface area contributed by atoms with Crippen LogP contribution in [0.2, 0.25) is 5.02 Å². The van der Waals surface area contributed by atoms with Gasteiger partial charge >= 0.3 is 0 Å². The van der Waals surface area contributed by atoms with Crippen molar-refractivity contribution < 1.29 is 4.79 Å². The van der Waals surface area contributed by atoms with Crippen molar-refractivity contribution in [3.8, 4) is 0 Å². The monoisotopic (exact) mass is 277 g/mol. The first-order valence-electron chi connectivity index (χ1n) is 6.20. The predicted octanol–water partition coefficient (Wildman–Crippen LogP) is 2.95. The zero-order valence-electron chi connectivity index (χ0n) is 10.7. The van der Waals surface area contributed by atoms with Crippen LogP contribution in [0, 0.1) is 0 Å². The number of hydrogen-bond acceptors (Lipinski definition) is 3. The average Bonchev–Trinajstić information content (AvgIpc) is 2.42. The van der Waals surface area contributed by atoms with E-state index in [0.717, 1.165) is 11.8 Å². The summed E-state index contributed by atoms with van der Waals surface area (Å²) in [4.78, 5) is 16.1. The zero-order valence-corrected chi connectivity index (χ0v) is 11.4. The largest absolute Gasteiger partial charge is 0.327 e. The van der Waals surface area contributed by atoms with Gasteiger partial charge in [0.25, 0.3) is 0 Å². The van der Waals surface area contributed by atoms with Crippen LogP contribution in [0.3, 0.4) is 0 Å². The fourth-order valence-electron chi connectivity index (χ4n) is 1.83. The van der Waals surface area contributed by atoms with Crippen LogP contribution in [-0.2, 0) is 4.79 Å². The molecule has 2 rings (SSSR count). The van der Waals surface area contributed by atoms with E-state index in [0.29, 0.717) is 22.6 Å². The van der Waals surface area contributed by atoms with Crippen molar-refractivity contribution in [3.05, 3.63) is 35.5 Å². The van der Waals surface area contributed by atoms with E-state index in [1.165, 1.54) is 0 Å². The first-order chi connectivity index (χ1) is 9.11. The van der Waals surface area contributed by atoms with Gasteiger partial charge in [-0.3, -0.25) is 9.78 Å². The van der Waals surface area contributed by atoms with Crippen molar-refractivity contribution >= 4 is 34.1 Å². The fraction of sp³-hybridized carbons (Fsp3) is 0.286. The smallest absolute Gasteiger partial charge is 0.225 e. The first-order valence-corrected chi connectivity index (χ1v) is 6.58. The quantitative estimate of drug-likeness (QED) is 0.903. The van der Waals surface area contributed by atoms with Gasteiger partial charge in [-0.25, -0.2) is 0 Å². The number of carbonyl (C=O) groups is 1. The summed E-state index contributed by atoms with van der Waals surface area (Å²) in [5.74, 6) is -0.0955. The molecule has 0 saturated heterocycles. The standard InChI is InChI=1S/C14H16ClN3O/c1-2-9(16)8-13(19)18-12-6-5-11(15)14-10(12)4-3-7-17-14/h3-7,9H,2,8,16H2,1H3,(H,18,19). The Morgan fingerprint density at radius 2 is 2.26 bits per heavy atom. The molecule has 4 nitrogen and oxygen atoms in total. The molecule has 100 valence electrons. The molecule has 5 heteroatoms. The topological polar surface area (TPSA) is 68.0 Å². The number of pyridine rings is 1. The summed E-state index contributed by atoms with van der Waals surface area (Å²) in [5, 5.41) is 4.26. The third-order valence-corrected chi connectivity index (χ3v) is 3.27. The van der Waals surface area contributed by atoms with Gasteiger partial charge in [-0.2, -0.15) is 0 Å². The maximum atomic E-state index is 11.9. The van der Waals surface area contributed by atoms with E-state index in [9.17, 15) is 4.79 Å². The van der Waals surface area contributed by atoms with Gasteiger partial charge in [0.1, 0.15) is 0 Å². The molecule has 0 bridgehead atoms. The molecule has 0 saturated carbocycles. The summed E-state index contributed by atoms with van der Waals surface area (Å²) in [6, 6.07) is 7.08. The van der Waals surface area contributed by atoms with E-state index >= 15 is 0 Å². The normalized spacial score (nSPS) is 12.4. The lowest BCUT2D eigenvalue weighted by Gasteiger charge is -2.11. The summed E-state index contributed by atoms with van der Waals surface area (Å²) >= 11 is 6.08. The molecule has 2 aromatic rings. The van der Waals surface area contributed by atoms with E-state index in [1.54, 1.807) is 18.3 Å². The molecule has 0 aliphatic carbocycles. The van der Waals surface area contributed by atoms with Crippen LogP contribution >= 0.6 is 11.6 Å². The third-order valence-electron chi connectivity index (χ3n) is 2.97. The minimum atomic E-state index is -0.114. The summed E-state index contributed by atoms with van der Waals surface area (Å²) in [5.41, 5.74) is 7.16. The Labute approximate surface area is 117 Å². The van der Waals surface area contributed by atoms with Crippen molar-refractivity contribution in [3.63, 3.8) is 0 Å². The van der Waals surface area contributed by atoms with Crippen LogP contribution in [0.15, 0.2) is 30.5 Å². The van der Waals surface area contributed by atoms with Crippen molar-refractivity contribution in [1.82, 2.24) is 4.98 Å². The maximum Gasteiger partial charge on any atom is 0.225 e. The molecule has 19 heavy (non-hydrogen) atoms. The molecule has 0 spiro atoms. The molecule has 1 unspecified atom stereocenters. The van der Waals surface area contributed by atoms with Gasteiger partial charge in [-0.15, -0.1) is 0 Å². The van der Waals surface area contributed by atoms with Crippen LogP contribution in [0.25, 0.3) is 10.9 Å². The Balaban J connectivity index is 2.26. The van der Waals surface area contributed by atoms with Gasteiger partial charge < -0.3 is 11.1 Å². The van der Waals surface area contributed by atoms with E-state index in [-0.39, 0.29) is 11.9 Å². The van der Waals surface area contributed by atoms with Gasteiger partial charge in [0.2, 0.25) is 5.91 Å². The fourth-order valence-corrected chi connectivity index (χ4v) is 2.04. The molecule has 1 heterocycles. The number of rotatable bonds is 4. The van der Waals surface area contributed by atoms with Crippen LogP contribution < -0.4 is 11.1 Å². The number of benzene rings is 1. The van der Waals surface area contributed by atoms with Crippen molar-refractivity contribution in [2.75, 3.05) is 5.32 Å². The lowest BCUT2D eigenvalue weighted by atomic mass is 10.1. The first kappa shape index (κ1) is 13.8. The van der Waals surface area contributed by atoms with Crippen molar-refractivity contribution in [1.29, 1.82) is 0 Å². The molecular weight excluding hydrogens is 262 g/mol. The Bertz CT molecular complexity index is 600. The van der Waals surface area contributed by atoms with Crippen LogP contribution in [-0.4, -0.2) is 16.9 Å². The molecule has 0 fully saturated rings. The van der Waals surface area contributed by atoms with Crippen molar-refractivity contribution in [2.45, 2.75) is 25.8 Å². The van der Waals surface area contributed by atoms with Crippen LogP contribution in [0.5, 0.6) is 0 Å². The summed E-state index contributed by atoms with van der Waals surface area (Å²) in [6.45, 7) is 1.96. The van der Waals surface area contributed by atoms with Gasteiger partial charge in [-0.1, -0.05) is 18.5 Å². The lowest BCUT2D eigenvalue weighted by Crippen LogP contribution is -2.26. The van der Waals surface area contributed by atoms with Crippen molar-refractivity contribution in [2.24, 2.45) is 5.73 Å². The third kappa shape index (κ3) is 3.22. The average molecular weight is 278 g/mol. The maximum absolute atomic E-state index is 11.9. The number of nitrogens with two attached hydrogens (primary N) is 1. The number of nitrogens with zero attached hydrogens (tertiary/aromatic N) is 1. The number of hydrogen-bond donors (Lipinski definition) is 2. The number of fused-ring (bicyclic) bond motifs is 1. The van der Waals surface area contributed by atoms with Crippen LogP contribution in [0.4, 0.5) is 5.69 Å². The zero-order chi connectivity index (χ0) is 13.8. The number of anilines is 1. The highest BCUT2D eigenvalue weighted by atomic mass is 35.5. The van der Waals surface area contributed by atoms with Gasteiger partial charge in [-0.05, 0) is 30.7 Å². The molecular formula is C14H16ClN3O. The minimum Gasteiger partial charge on any atom is -0.327 e. The van der Waals surface area contributed by atoms with Gasteiger partial charge in [0, 0.05) is 24.0 Å². The molecule has 1 atom stereocenters. The molecule has 3 N–H and O–H groups in total. The number of halogens is 1. The van der Waals surface area contributed by atoms with E-state index in [1.807, 2.05) is 19.1 Å². The minimum absolute atomic E-state index is 0.0955. The summed E-state index contributed by atoms with van der Waals surface area (Å²) < 4.78 is 0. The van der Waals surface area contributed by atoms with E-state index in [4.69, 9.17) is 17.3 Å². The highest BCUT2D eigenvalue weighted by Crippen LogP contribution is 2.28. The van der Waals surface area contributed by atoms with Crippen LogP contribution in [0.1, 0.15) is 19.8 Å². The van der Waals surface area contributed by atoms with E-state index < -0.39 is 0 Å². The molecule has 0 aliphatic rings. The lowest BCUT2D eigenvalue weighted by molar-refractivity contribution is -0.116. The summed E-state index contributed by atoms with van der Waals surface area (Å²) in [6.07, 6.45) is 2.75. The van der Waals surface area contributed by atoms with E-state index in [2.05, 4.69) is 10.3 Å². The Hall–Kier alpha value is -1.65. The summed E-state index contributed by atoms with van der Waals surface area (Å²) in [7, 11) is 0. The molecule has 1 aromatic carbocycles. The molecule has 1 aromatic heterocycles. The second-order valence-corrected chi connectivity index (χ2v) is 4.82. The highest BCUT2D eigenvalue weighted by Gasteiger charge is 2.11. The Morgan fingerprint density at radius 3 is 3.00 bits per heavy atom. The highest BCUT2D eigenvalue weighted by molar-refractivity contribution is 6.35. The SMILES string of the molecule is CCC(N)CC(=O)Nc1ccc(Cl)c2ncccc12. The predicted molar refractivity (Wildman–Crippen MR) is 78.3 cm³/mol. The second kappa shape index (κ2) is 5.99. The molecule has 0 aliphatic heterocycles. The molecule has 0 radical (unpaired) electrons. The number of aromatic nitrogens is 1. The van der Waals surface area contributed by atoms with Gasteiger partial charge in [0.05, 0.1) is 16.2 Å². The Kier molecular flexibility index (Phi) is 4.35. The second-order valence-electron chi connectivity index (χ2n) is 4.42. The molecule has 1 amide bonds. The van der Waals surface area contributed by atoms with Gasteiger partial charge in [0.15, 0.2) is 0 Å². The number of amides is 1. The number of carbonyl (C=O) groups excluding carboxylic acids is 1. The Morgan fingerprint density at radius 1 is 1.47 bits per heavy atom.